The highest BCUT2D eigenvalue weighted by atomic mass is 35.6. The average Bonchev–Trinajstić information content (AvgIpc) is 2.57. The van der Waals surface area contributed by atoms with Crippen molar-refractivity contribution < 1.29 is 9.90 Å². The van der Waals surface area contributed by atoms with Crippen molar-refractivity contribution in [1.82, 2.24) is 15.0 Å². The van der Waals surface area contributed by atoms with E-state index in [2.05, 4.69) is 15.0 Å². The minimum Gasteiger partial charge on any atom is -0.478 e. The molecule has 0 atom stereocenters. The summed E-state index contributed by atoms with van der Waals surface area (Å²) >= 11 is 35.4. The van der Waals surface area contributed by atoms with Crippen LogP contribution in [0.15, 0.2) is 24.3 Å². The molecule has 2 rings (SSSR count). The fourth-order valence-electron chi connectivity index (χ4n) is 2.13. The number of carbonyl (C=O) groups is 1. The van der Waals surface area contributed by atoms with Crippen LogP contribution in [0, 0.1) is 0 Å². The van der Waals surface area contributed by atoms with E-state index in [0.717, 1.165) is 11.6 Å². The van der Waals surface area contributed by atoms with E-state index in [1.165, 1.54) is 6.08 Å². The van der Waals surface area contributed by atoms with Crippen LogP contribution in [0.1, 0.15) is 29.7 Å². The van der Waals surface area contributed by atoms with E-state index in [1.807, 2.05) is 13.0 Å². The Morgan fingerprint density at radius 2 is 1.59 bits per heavy atom. The van der Waals surface area contributed by atoms with E-state index < -0.39 is 13.6 Å². The van der Waals surface area contributed by atoms with Crippen molar-refractivity contribution in [3.63, 3.8) is 0 Å². The Kier molecular flexibility index (Phi) is 7.22. The fourth-order valence-corrected chi connectivity index (χ4v) is 2.64. The van der Waals surface area contributed by atoms with Crippen LogP contribution >= 0.6 is 69.6 Å². The maximum Gasteiger partial charge on any atom is 0.328 e. The summed E-state index contributed by atoms with van der Waals surface area (Å²) in [6.07, 6.45) is 3.08. The van der Waals surface area contributed by atoms with Crippen LogP contribution in [0.2, 0.25) is 0 Å². The Bertz CT molecular complexity index is 858. The summed E-state index contributed by atoms with van der Waals surface area (Å²) in [7, 11) is 0. The highest BCUT2D eigenvalue weighted by molar-refractivity contribution is 6.67. The van der Waals surface area contributed by atoms with E-state index in [0.29, 0.717) is 17.5 Å². The third-order valence-electron chi connectivity index (χ3n) is 3.32. The number of nitrogens with zero attached hydrogens (tertiary/aromatic N) is 3. The van der Waals surface area contributed by atoms with Gasteiger partial charge in [-0.15, -0.1) is 0 Å². The Labute approximate surface area is 185 Å². The number of aliphatic carboxylic acids is 1. The lowest BCUT2D eigenvalue weighted by atomic mass is 10.0. The van der Waals surface area contributed by atoms with Crippen molar-refractivity contribution in [2.24, 2.45) is 0 Å². The van der Waals surface area contributed by atoms with Gasteiger partial charge in [0.1, 0.15) is 0 Å². The van der Waals surface area contributed by atoms with Gasteiger partial charge in [0, 0.05) is 11.6 Å². The molecule has 27 heavy (non-hydrogen) atoms. The summed E-state index contributed by atoms with van der Waals surface area (Å²) in [6.45, 7) is 1.93. The molecule has 0 spiro atoms. The molecule has 0 unspecified atom stereocenters. The predicted octanol–water partition coefficient (Wildman–Crippen LogP) is 5.85. The lowest BCUT2D eigenvalue weighted by Gasteiger charge is -2.17. The SMILES string of the molecule is CCc1ccc(C=CC(=O)O)cc1-c1nc(C(Cl)(Cl)Cl)nc(C(Cl)(Cl)Cl)n1. The molecule has 0 fully saturated rings. The number of carboxylic acids is 1. The van der Waals surface area contributed by atoms with Gasteiger partial charge in [0.05, 0.1) is 0 Å². The van der Waals surface area contributed by atoms with Crippen LogP contribution in [-0.2, 0) is 18.8 Å². The van der Waals surface area contributed by atoms with Gasteiger partial charge in [-0.3, -0.25) is 0 Å². The second-order valence-corrected chi connectivity index (χ2v) is 9.81. The van der Waals surface area contributed by atoms with Crippen molar-refractivity contribution in [2.45, 2.75) is 20.9 Å². The van der Waals surface area contributed by atoms with Crippen LogP contribution in [-0.4, -0.2) is 26.0 Å². The molecule has 2 aromatic rings. The van der Waals surface area contributed by atoms with Gasteiger partial charge in [0.25, 0.3) is 0 Å². The quantitative estimate of drug-likeness (QED) is 0.430. The molecule has 144 valence electrons. The molecular formula is C16H11Cl6N3O2. The lowest BCUT2D eigenvalue weighted by Crippen LogP contribution is -2.17. The van der Waals surface area contributed by atoms with Crippen molar-refractivity contribution in [2.75, 3.05) is 0 Å². The first-order chi connectivity index (χ1) is 12.4. The third-order valence-corrected chi connectivity index (χ3v) is 4.33. The molecule has 1 N–H and O–H groups in total. The van der Waals surface area contributed by atoms with E-state index in [4.69, 9.17) is 74.7 Å². The van der Waals surface area contributed by atoms with E-state index in [-0.39, 0.29) is 17.5 Å². The van der Waals surface area contributed by atoms with E-state index in [1.54, 1.807) is 12.1 Å². The highest BCUT2D eigenvalue weighted by Gasteiger charge is 2.34. The maximum atomic E-state index is 10.8. The number of hydrogen-bond acceptors (Lipinski definition) is 4. The first-order valence-electron chi connectivity index (χ1n) is 7.36. The van der Waals surface area contributed by atoms with Crippen molar-refractivity contribution in [3.8, 4) is 11.4 Å². The molecule has 11 heteroatoms. The first-order valence-corrected chi connectivity index (χ1v) is 9.63. The van der Waals surface area contributed by atoms with Gasteiger partial charge < -0.3 is 5.11 Å². The van der Waals surface area contributed by atoms with Gasteiger partial charge in [-0.05, 0) is 29.7 Å². The minimum atomic E-state index is -1.96. The van der Waals surface area contributed by atoms with Gasteiger partial charge in [-0.1, -0.05) is 88.7 Å². The monoisotopic (exact) mass is 487 g/mol. The summed E-state index contributed by atoms with van der Waals surface area (Å²) < 4.78 is -3.93. The fraction of sp³-hybridized carbons (Fsp3) is 0.250. The highest BCUT2D eigenvalue weighted by Crippen LogP contribution is 2.41. The molecule has 0 saturated carbocycles. The van der Waals surface area contributed by atoms with Crippen molar-refractivity contribution in [1.29, 1.82) is 0 Å². The second-order valence-electron chi connectivity index (χ2n) is 5.24. The van der Waals surface area contributed by atoms with Gasteiger partial charge in [0.2, 0.25) is 7.59 Å². The molecule has 0 saturated heterocycles. The smallest absolute Gasteiger partial charge is 0.328 e. The summed E-state index contributed by atoms with van der Waals surface area (Å²) in [5.74, 6) is -1.34. The maximum absolute atomic E-state index is 10.8. The number of hydrogen-bond donors (Lipinski definition) is 1. The molecule has 0 bridgehead atoms. The second kappa shape index (κ2) is 8.68. The predicted molar refractivity (Wildman–Crippen MR) is 110 cm³/mol. The Morgan fingerprint density at radius 1 is 1.04 bits per heavy atom. The summed E-state index contributed by atoms with van der Waals surface area (Å²) in [6, 6.07) is 5.26. The molecular weight excluding hydrogens is 479 g/mol. The largest absolute Gasteiger partial charge is 0.478 e. The molecule has 0 aliphatic heterocycles. The van der Waals surface area contributed by atoms with Crippen LogP contribution in [0.25, 0.3) is 17.5 Å². The van der Waals surface area contributed by atoms with Crippen molar-refractivity contribution >= 4 is 81.7 Å². The molecule has 5 nitrogen and oxygen atoms in total. The van der Waals surface area contributed by atoms with E-state index in [9.17, 15) is 4.79 Å². The van der Waals surface area contributed by atoms with Crippen molar-refractivity contribution in [3.05, 3.63) is 47.1 Å². The number of alkyl halides is 6. The first kappa shape index (κ1) is 22.5. The van der Waals surface area contributed by atoms with E-state index >= 15 is 0 Å². The Morgan fingerprint density at radius 3 is 2.04 bits per heavy atom. The van der Waals surface area contributed by atoms with Gasteiger partial charge in [-0.2, -0.15) is 0 Å². The molecule has 1 heterocycles. The Hall–Kier alpha value is -0.820. The molecule has 0 amide bonds. The lowest BCUT2D eigenvalue weighted by molar-refractivity contribution is -0.131. The zero-order valence-corrected chi connectivity index (χ0v) is 18.1. The Balaban J connectivity index is 2.72. The average molecular weight is 490 g/mol. The van der Waals surface area contributed by atoms with Crippen LogP contribution in [0.5, 0.6) is 0 Å². The number of carboxylic acid groups (broad SMARTS) is 1. The molecule has 0 aliphatic rings. The van der Waals surface area contributed by atoms with Gasteiger partial charge >= 0.3 is 5.97 Å². The normalized spacial score (nSPS) is 12.6. The van der Waals surface area contributed by atoms with Crippen LogP contribution < -0.4 is 0 Å². The zero-order valence-electron chi connectivity index (χ0n) is 13.6. The van der Waals surface area contributed by atoms with Gasteiger partial charge in [0.15, 0.2) is 17.5 Å². The summed E-state index contributed by atoms with van der Waals surface area (Å²) in [5, 5.41) is 8.81. The molecule has 0 radical (unpaired) electrons. The number of halogens is 6. The third kappa shape index (κ3) is 6.08. The zero-order chi connectivity index (χ0) is 20.4. The summed E-state index contributed by atoms with van der Waals surface area (Å²) in [4.78, 5) is 23.1. The molecule has 1 aromatic carbocycles. The molecule has 0 aliphatic carbocycles. The van der Waals surface area contributed by atoms with Crippen LogP contribution in [0.4, 0.5) is 0 Å². The standard InChI is InChI=1S/C16H11Cl6N3O2/c1-2-9-5-3-8(4-6-11(26)27)7-10(9)12-23-13(15(17,18)19)25-14(24-12)16(20,21)22/h3-7H,2H2,1H3,(H,26,27). The summed E-state index contributed by atoms with van der Waals surface area (Å²) in [5.41, 5.74) is 2.04. The van der Waals surface area contributed by atoms with Gasteiger partial charge in [-0.25, -0.2) is 19.7 Å². The number of rotatable bonds is 4. The topological polar surface area (TPSA) is 76.0 Å². The minimum absolute atomic E-state index is 0.134. The van der Waals surface area contributed by atoms with Crippen LogP contribution in [0.3, 0.4) is 0 Å². The molecule has 1 aromatic heterocycles. The number of benzene rings is 1. The number of aromatic nitrogens is 3. The number of aryl methyl sites for hydroxylation is 1.